The smallest absolute Gasteiger partial charge is 0.257 e. The lowest BCUT2D eigenvalue weighted by Crippen LogP contribution is -2.12. The van der Waals surface area contributed by atoms with E-state index >= 15 is 0 Å². The van der Waals surface area contributed by atoms with Crippen molar-refractivity contribution >= 4 is 22.4 Å². The first-order valence-corrected chi connectivity index (χ1v) is 8.85. The summed E-state index contributed by atoms with van der Waals surface area (Å²) in [5, 5.41) is 8.09. The third-order valence-electron chi connectivity index (χ3n) is 4.18. The summed E-state index contributed by atoms with van der Waals surface area (Å²) in [5.41, 5.74) is 4.64. The molecule has 0 unspecified atom stereocenters. The molecule has 1 aromatic carbocycles. The van der Waals surface area contributed by atoms with Gasteiger partial charge in [0, 0.05) is 16.1 Å². The molecular formula is C18H18N4OS. The monoisotopic (exact) mass is 338 g/mol. The van der Waals surface area contributed by atoms with Crippen LogP contribution in [0.3, 0.4) is 0 Å². The molecule has 1 aliphatic carbocycles. The van der Waals surface area contributed by atoms with E-state index in [9.17, 15) is 4.79 Å². The fourth-order valence-electron chi connectivity index (χ4n) is 3.08. The zero-order valence-electron chi connectivity index (χ0n) is 13.7. The van der Waals surface area contributed by atoms with Crippen LogP contribution in [0.25, 0.3) is 5.69 Å². The summed E-state index contributed by atoms with van der Waals surface area (Å²) in [6.07, 6.45) is 3.28. The molecule has 0 fully saturated rings. The van der Waals surface area contributed by atoms with Crippen LogP contribution in [-0.4, -0.2) is 20.7 Å². The van der Waals surface area contributed by atoms with Gasteiger partial charge in [0.2, 0.25) is 0 Å². The summed E-state index contributed by atoms with van der Waals surface area (Å²) < 4.78 is 1.85. The predicted octanol–water partition coefficient (Wildman–Crippen LogP) is 3.69. The number of thiazole rings is 1. The highest BCUT2D eigenvalue weighted by Gasteiger charge is 2.18. The largest absolute Gasteiger partial charge is 0.298 e. The van der Waals surface area contributed by atoms with E-state index in [4.69, 9.17) is 0 Å². The molecule has 1 N–H and O–H groups in total. The van der Waals surface area contributed by atoms with Crippen LogP contribution in [0.4, 0.5) is 5.13 Å². The van der Waals surface area contributed by atoms with Gasteiger partial charge in [0.15, 0.2) is 5.13 Å². The van der Waals surface area contributed by atoms with Gasteiger partial charge >= 0.3 is 0 Å². The van der Waals surface area contributed by atoms with Crippen LogP contribution in [0, 0.1) is 13.8 Å². The Morgan fingerprint density at radius 3 is 2.88 bits per heavy atom. The Bertz CT molecular complexity index is 903. The molecule has 0 saturated carbocycles. The van der Waals surface area contributed by atoms with Gasteiger partial charge in [-0.25, -0.2) is 9.67 Å². The Kier molecular flexibility index (Phi) is 3.69. The summed E-state index contributed by atoms with van der Waals surface area (Å²) >= 11 is 1.59. The Morgan fingerprint density at radius 1 is 1.25 bits per heavy atom. The van der Waals surface area contributed by atoms with E-state index in [0.29, 0.717) is 10.7 Å². The van der Waals surface area contributed by atoms with Gasteiger partial charge in [0.1, 0.15) is 0 Å². The minimum Gasteiger partial charge on any atom is -0.298 e. The second-order valence-corrected chi connectivity index (χ2v) is 7.17. The number of anilines is 1. The van der Waals surface area contributed by atoms with Crippen LogP contribution in [-0.2, 0) is 12.8 Å². The molecule has 0 aliphatic heterocycles. The Balaban J connectivity index is 1.58. The highest BCUT2D eigenvalue weighted by atomic mass is 32.1. The lowest BCUT2D eigenvalue weighted by Gasteiger charge is -2.07. The number of carbonyl (C=O) groups is 1. The average molecular weight is 338 g/mol. The second-order valence-electron chi connectivity index (χ2n) is 6.09. The molecule has 6 heteroatoms. The molecule has 0 atom stereocenters. The molecule has 122 valence electrons. The van der Waals surface area contributed by atoms with Crippen LogP contribution in [0.1, 0.15) is 38.7 Å². The van der Waals surface area contributed by atoms with E-state index in [-0.39, 0.29) is 5.91 Å². The van der Waals surface area contributed by atoms with Gasteiger partial charge in [-0.15, -0.1) is 11.3 Å². The van der Waals surface area contributed by atoms with Crippen molar-refractivity contribution in [3.05, 3.63) is 57.9 Å². The normalized spacial score (nSPS) is 13.1. The van der Waals surface area contributed by atoms with Crippen LogP contribution < -0.4 is 5.32 Å². The van der Waals surface area contributed by atoms with Crippen molar-refractivity contribution in [2.45, 2.75) is 33.1 Å². The molecule has 4 rings (SSSR count). The first kappa shape index (κ1) is 15.1. The third kappa shape index (κ3) is 2.73. The Morgan fingerprint density at radius 2 is 2.12 bits per heavy atom. The maximum Gasteiger partial charge on any atom is 0.257 e. The first-order chi connectivity index (χ1) is 11.6. The summed E-state index contributed by atoms with van der Waals surface area (Å²) in [5.74, 6) is -0.134. The highest BCUT2D eigenvalue weighted by molar-refractivity contribution is 7.16. The lowest BCUT2D eigenvalue weighted by molar-refractivity contribution is 0.102. The van der Waals surface area contributed by atoms with E-state index in [2.05, 4.69) is 15.4 Å². The minimum atomic E-state index is -0.134. The van der Waals surface area contributed by atoms with E-state index in [1.54, 1.807) is 11.3 Å². The molecule has 0 spiro atoms. The quantitative estimate of drug-likeness (QED) is 0.792. The number of fused-ring (bicyclic) bond motifs is 1. The van der Waals surface area contributed by atoms with Crippen LogP contribution in [0.2, 0.25) is 0 Å². The molecule has 3 aromatic rings. The van der Waals surface area contributed by atoms with E-state index < -0.39 is 0 Å². The van der Waals surface area contributed by atoms with Crippen LogP contribution >= 0.6 is 11.3 Å². The van der Waals surface area contributed by atoms with Gasteiger partial charge < -0.3 is 0 Å². The van der Waals surface area contributed by atoms with Gasteiger partial charge in [-0.1, -0.05) is 6.07 Å². The topological polar surface area (TPSA) is 59.8 Å². The zero-order valence-corrected chi connectivity index (χ0v) is 14.5. The number of amides is 1. The van der Waals surface area contributed by atoms with Crippen molar-refractivity contribution < 1.29 is 4.79 Å². The molecule has 24 heavy (non-hydrogen) atoms. The summed E-state index contributed by atoms with van der Waals surface area (Å²) in [6.45, 7) is 3.96. The number of nitrogens with zero attached hydrogens (tertiary/aromatic N) is 3. The molecule has 2 aromatic heterocycles. The van der Waals surface area contributed by atoms with E-state index in [1.165, 1.54) is 11.3 Å². The maximum absolute atomic E-state index is 12.5. The van der Waals surface area contributed by atoms with E-state index in [0.717, 1.165) is 35.6 Å². The average Bonchev–Trinajstić information content (AvgIpc) is 3.22. The van der Waals surface area contributed by atoms with Crippen molar-refractivity contribution in [2.75, 3.05) is 5.32 Å². The number of carbonyl (C=O) groups excluding carboxylic acids is 1. The van der Waals surface area contributed by atoms with Gasteiger partial charge in [-0.3, -0.25) is 10.1 Å². The number of rotatable bonds is 3. The predicted molar refractivity (Wildman–Crippen MR) is 95.1 cm³/mol. The second kappa shape index (κ2) is 5.87. The number of aryl methyl sites for hydroxylation is 4. The van der Waals surface area contributed by atoms with Gasteiger partial charge in [-0.05, 0) is 57.4 Å². The molecule has 1 amide bonds. The highest BCUT2D eigenvalue weighted by Crippen LogP contribution is 2.30. The van der Waals surface area contributed by atoms with Crippen molar-refractivity contribution in [1.29, 1.82) is 0 Å². The Hall–Kier alpha value is -2.47. The summed E-state index contributed by atoms with van der Waals surface area (Å²) in [7, 11) is 0. The fourth-order valence-corrected chi connectivity index (χ4v) is 4.13. The molecule has 5 nitrogen and oxygen atoms in total. The van der Waals surface area contributed by atoms with Crippen molar-refractivity contribution in [3.63, 3.8) is 0 Å². The minimum absolute atomic E-state index is 0.134. The van der Waals surface area contributed by atoms with Crippen molar-refractivity contribution in [3.8, 4) is 5.69 Å². The number of nitrogens with one attached hydrogen (secondary N) is 1. The first-order valence-electron chi connectivity index (χ1n) is 8.04. The lowest BCUT2D eigenvalue weighted by atomic mass is 10.2. The standard InChI is InChI=1S/C18H18N4OS/c1-11-9-12(2)22(21-11)14-6-3-5-13(10-14)17(23)20-18-19-15-7-4-8-16(15)24-18/h3,5-6,9-10H,4,7-8H2,1-2H3,(H,19,20,23). The van der Waals surface area contributed by atoms with Crippen molar-refractivity contribution in [1.82, 2.24) is 14.8 Å². The molecule has 0 bridgehead atoms. The number of benzene rings is 1. The van der Waals surface area contributed by atoms with Crippen LogP contribution in [0.5, 0.6) is 0 Å². The number of aromatic nitrogens is 3. The van der Waals surface area contributed by atoms with E-state index in [1.807, 2.05) is 48.9 Å². The molecule has 0 saturated heterocycles. The Labute approximate surface area is 144 Å². The number of hydrogen-bond donors (Lipinski definition) is 1. The maximum atomic E-state index is 12.5. The zero-order chi connectivity index (χ0) is 16.7. The molecule has 0 radical (unpaired) electrons. The number of hydrogen-bond acceptors (Lipinski definition) is 4. The fraction of sp³-hybridized carbons (Fsp3) is 0.278. The van der Waals surface area contributed by atoms with Gasteiger partial charge in [0.25, 0.3) is 5.91 Å². The van der Waals surface area contributed by atoms with Gasteiger partial charge in [0.05, 0.1) is 17.1 Å². The van der Waals surface area contributed by atoms with Crippen LogP contribution in [0.15, 0.2) is 30.3 Å². The van der Waals surface area contributed by atoms with Crippen molar-refractivity contribution in [2.24, 2.45) is 0 Å². The summed E-state index contributed by atoms with van der Waals surface area (Å²) in [6, 6.07) is 9.52. The molecular weight excluding hydrogens is 320 g/mol. The summed E-state index contributed by atoms with van der Waals surface area (Å²) in [4.78, 5) is 18.4. The molecule has 1 aliphatic rings. The molecule has 2 heterocycles. The third-order valence-corrected chi connectivity index (χ3v) is 5.25. The SMILES string of the molecule is Cc1cc(C)n(-c2cccc(C(=O)Nc3nc4c(s3)CCC4)c2)n1. The van der Waals surface area contributed by atoms with Gasteiger partial charge in [-0.2, -0.15) is 5.10 Å².